The Morgan fingerprint density at radius 3 is 2.25 bits per heavy atom. The Morgan fingerprint density at radius 2 is 1.58 bits per heavy atom. The lowest BCUT2D eigenvalue weighted by atomic mass is 9.84. The minimum absolute atomic E-state index is 0.445. The second kappa shape index (κ2) is 7.43. The molecule has 2 aromatic rings. The van der Waals surface area contributed by atoms with Crippen molar-refractivity contribution in [1.29, 1.82) is 0 Å². The van der Waals surface area contributed by atoms with Crippen LogP contribution in [-0.2, 0) is 4.79 Å². The molecule has 1 N–H and O–H groups in total. The zero-order valence-corrected chi connectivity index (χ0v) is 14.0. The molecule has 24 heavy (non-hydrogen) atoms. The fourth-order valence-electron chi connectivity index (χ4n) is 3.37. The van der Waals surface area contributed by atoms with Gasteiger partial charge >= 0.3 is 0 Å². The molecule has 2 aromatic carbocycles. The SMILES string of the molecule is Cc1ccccc1NC(=O)C(=O)c1ccc(C2CCCCC2)cc1. The quantitative estimate of drug-likeness (QED) is 0.645. The first-order valence-electron chi connectivity index (χ1n) is 8.66. The molecule has 124 valence electrons. The second-order valence-electron chi connectivity index (χ2n) is 6.56. The molecule has 0 aromatic heterocycles. The number of carbonyl (C=O) groups excluding carboxylic acids is 2. The third-order valence-corrected chi connectivity index (χ3v) is 4.85. The van der Waals surface area contributed by atoms with Gasteiger partial charge in [-0.05, 0) is 42.9 Å². The summed E-state index contributed by atoms with van der Waals surface area (Å²) in [6.07, 6.45) is 6.34. The summed E-state index contributed by atoms with van der Waals surface area (Å²) in [6.45, 7) is 1.90. The molecule has 0 saturated heterocycles. The van der Waals surface area contributed by atoms with E-state index in [4.69, 9.17) is 0 Å². The van der Waals surface area contributed by atoms with Crippen molar-refractivity contribution in [3.63, 3.8) is 0 Å². The number of ketones is 1. The van der Waals surface area contributed by atoms with Crippen molar-refractivity contribution in [2.75, 3.05) is 5.32 Å². The van der Waals surface area contributed by atoms with Crippen LogP contribution in [0.3, 0.4) is 0 Å². The van der Waals surface area contributed by atoms with Gasteiger partial charge in [0, 0.05) is 11.3 Å². The Labute approximate surface area is 143 Å². The lowest BCUT2D eigenvalue weighted by molar-refractivity contribution is -0.112. The highest BCUT2D eigenvalue weighted by atomic mass is 16.2. The van der Waals surface area contributed by atoms with Gasteiger partial charge in [-0.3, -0.25) is 9.59 Å². The van der Waals surface area contributed by atoms with Crippen LogP contribution >= 0.6 is 0 Å². The van der Waals surface area contributed by atoms with Crippen molar-refractivity contribution in [3.8, 4) is 0 Å². The Hall–Kier alpha value is -2.42. The first kappa shape index (κ1) is 16.4. The van der Waals surface area contributed by atoms with Gasteiger partial charge in [-0.2, -0.15) is 0 Å². The van der Waals surface area contributed by atoms with Crippen LogP contribution < -0.4 is 5.32 Å². The van der Waals surface area contributed by atoms with Crippen LogP contribution in [0.1, 0.15) is 59.5 Å². The Morgan fingerprint density at radius 1 is 0.917 bits per heavy atom. The van der Waals surface area contributed by atoms with Gasteiger partial charge in [0.25, 0.3) is 11.7 Å². The molecule has 0 unspecified atom stereocenters. The number of amides is 1. The lowest BCUT2D eigenvalue weighted by Gasteiger charge is -2.22. The number of benzene rings is 2. The predicted octanol–water partition coefficient (Wildman–Crippen LogP) is 4.86. The van der Waals surface area contributed by atoms with Crippen molar-refractivity contribution < 1.29 is 9.59 Å². The zero-order chi connectivity index (χ0) is 16.9. The van der Waals surface area contributed by atoms with E-state index in [1.165, 1.54) is 37.7 Å². The monoisotopic (exact) mass is 321 g/mol. The smallest absolute Gasteiger partial charge is 0.296 e. The number of anilines is 1. The maximum atomic E-state index is 12.3. The number of aryl methyl sites for hydroxylation is 1. The van der Waals surface area contributed by atoms with Gasteiger partial charge in [0.05, 0.1) is 0 Å². The van der Waals surface area contributed by atoms with Gasteiger partial charge < -0.3 is 5.32 Å². The van der Waals surface area contributed by atoms with E-state index in [0.29, 0.717) is 17.2 Å². The summed E-state index contributed by atoms with van der Waals surface area (Å²) in [7, 11) is 0. The summed E-state index contributed by atoms with van der Waals surface area (Å²) in [5.41, 5.74) is 3.34. The Balaban J connectivity index is 1.68. The summed E-state index contributed by atoms with van der Waals surface area (Å²) in [5, 5.41) is 2.70. The molecule has 1 fully saturated rings. The third-order valence-electron chi connectivity index (χ3n) is 4.85. The minimum Gasteiger partial charge on any atom is -0.319 e. The van der Waals surface area contributed by atoms with Crippen LogP contribution in [-0.4, -0.2) is 11.7 Å². The van der Waals surface area contributed by atoms with E-state index in [9.17, 15) is 9.59 Å². The van der Waals surface area contributed by atoms with Gasteiger partial charge in [0.1, 0.15) is 0 Å². The van der Waals surface area contributed by atoms with E-state index in [2.05, 4.69) is 5.32 Å². The van der Waals surface area contributed by atoms with Gasteiger partial charge in [0.2, 0.25) is 0 Å². The molecule has 0 spiro atoms. The highest BCUT2D eigenvalue weighted by molar-refractivity contribution is 6.46. The summed E-state index contributed by atoms with van der Waals surface area (Å²) < 4.78 is 0. The minimum atomic E-state index is -0.588. The second-order valence-corrected chi connectivity index (χ2v) is 6.56. The number of rotatable bonds is 4. The highest BCUT2D eigenvalue weighted by Crippen LogP contribution is 2.32. The molecular formula is C21H23NO2. The average Bonchev–Trinajstić information content (AvgIpc) is 2.64. The van der Waals surface area contributed by atoms with Gasteiger partial charge in [-0.1, -0.05) is 61.7 Å². The van der Waals surface area contributed by atoms with Crippen molar-refractivity contribution in [3.05, 3.63) is 65.2 Å². The van der Waals surface area contributed by atoms with Crippen LogP contribution in [0.25, 0.3) is 0 Å². The average molecular weight is 321 g/mol. The standard InChI is InChI=1S/C21H23NO2/c1-15-7-5-6-10-19(15)22-21(24)20(23)18-13-11-17(12-14-18)16-8-3-2-4-9-16/h5-7,10-14,16H,2-4,8-9H2,1H3,(H,22,24). The molecule has 3 heteroatoms. The van der Waals surface area contributed by atoms with Crippen molar-refractivity contribution in [1.82, 2.24) is 0 Å². The Bertz CT molecular complexity index is 728. The van der Waals surface area contributed by atoms with Crippen LogP contribution in [0.15, 0.2) is 48.5 Å². The predicted molar refractivity (Wildman–Crippen MR) is 96.4 cm³/mol. The molecule has 1 aliphatic carbocycles. The first-order valence-corrected chi connectivity index (χ1v) is 8.66. The van der Waals surface area contributed by atoms with Gasteiger partial charge in [0.15, 0.2) is 0 Å². The van der Waals surface area contributed by atoms with Crippen LogP contribution in [0.2, 0.25) is 0 Å². The number of Topliss-reactive ketones (excluding diaryl/α,β-unsaturated/α-hetero) is 1. The number of hydrogen-bond donors (Lipinski definition) is 1. The summed E-state index contributed by atoms with van der Waals surface area (Å²) in [4.78, 5) is 24.5. The fourth-order valence-corrected chi connectivity index (χ4v) is 3.37. The van der Waals surface area contributed by atoms with Crippen LogP contribution in [0, 0.1) is 6.92 Å². The lowest BCUT2D eigenvalue weighted by Crippen LogP contribution is -2.23. The van der Waals surface area contributed by atoms with Crippen LogP contribution in [0.5, 0.6) is 0 Å². The van der Waals surface area contributed by atoms with E-state index in [-0.39, 0.29) is 0 Å². The Kier molecular flexibility index (Phi) is 5.09. The maximum absolute atomic E-state index is 12.3. The number of hydrogen-bond acceptors (Lipinski definition) is 2. The zero-order valence-electron chi connectivity index (χ0n) is 14.0. The van der Waals surface area contributed by atoms with E-state index in [1.54, 1.807) is 18.2 Å². The molecule has 1 saturated carbocycles. The van der Waals surface area contributed by atoms with Gasteiger partial charge in [-0.25, -0.2) is 0 Å². The van der Waals surface area contributed by atoms with Crippen molar-refractivity contribution in [2.45, 2.75) is 44.9 Å². The topological polar surface area (TPSA) is 46.2 Å². The number of para-hydroxylation sites is 1. The molecule has 1 amide bonds. The van der Waals surface area contributed by atoms with Crippen LogP contribution in [0.4, 0.5) is 5.69 Å². The van der Waals surface area contributed by atoms with Gasteiger partial charge in [-0.15, -0.1) is 0 Å². The van der Waals surface area contributed by atoms with Crippen molar-refractivity contribution >= 4 is 17.4 Å². The number of carbonyl (C=O) groups is 2. The highest BCUT2D eigenvalue weighted by Gasteiger charge is 2.19. The molecule has 1 aliphatic rings. The first-order chi connectivity index (χ1) is 11.6. The molecule has 3 nitrogen and oxygen atoms in total. The number of nitrogens with one attached hydrogen (secondary N) is 1. The largest absolute Gasteiger partial charge is 0.319 e. The molecular weight excluding hydrogens is 298 g/mol. The van der Waals surface area contributed by atoms with E-state index >= 15 is 0 Å². The molecule has 0 aliphatic heterocycles. The summed E-state index contributed by atoms with van der Waals surface area (Å²) in [6, 6.07) is 15.0. The normalized spacial score (nSPS) is 15.0. The maximum Gasteiger partial charge on any atom is 0.296 e. The molecule has 0 heterocycles. The van der Waals surface area contributed by atoms with E-state index in [0.717, 1.165) is 5.56 Å². The van der Waals surface area contributed by atoms with E-state index < -0.39 is 11.7 Å². The van der Waals surface area contributed by atoms with Crippen molar-refractivity contribution in [2.24, 2.45) is 0 Å². The third kappa shape index (κ3) is 3.73. The summed E-state index contributed by atoms with van der Waals surface area (Å²) in [5.74, 6) is -0.480. The van der Waals surface area contributed by atoms with E-state index in [1.807, 2.05) is 37.3 Å². The summed E-state index contributed by atoms with van der Waals surface area (Å²) >= 11 is 0. The molecule has 0 bridgehead atoms. The molecule has 0 atom stereocenters. The molecule has 3 rings (SSSR count). The fraction of sp³-hybridized carbons (Fsp3) is 0.333. The molecule has 0 radical (unpaired) electrons.